The van der Waals surface area contributed by atoms with Gasteiger partial charge < -0.3 is 4.90 Å². The van der Waals surface area contributed by atoms with E-state index in [9.17, 15) is 22.4 Å². The Morgan fingerprint density at radius 2 is 2.07 bits per heavy atom. The van der Waals surface area contributed by atoms with Crippen LogP contribution >= 0.6 is 11.6 Å². The van der Waals surface area contributed by atoms with Crippen molar-refractivity contribution < 1.29 is 22.4 Å². The van der Waals surface area contributed by atoms with Gasteiger partial charge in [-0.2, -0.15) is 17.6 Å². The van der Waals surface area contributed by atoms with Gasteiger partial charge in [-0.1, -0.05) is 11.6 Å². The molecule has 1 saturated heterocycles. The third-order valence-corrected chi connectivity index (χ3v) is 5.28. The highest BCUT2D eigenvalue weighted by Gasteiger charge is 2.44. The van der Waals surface area contributed by atoms with E-state index in [0.717, 1.165) is 6.07 Å². The van der Waals surface area contributed by atoms with Gasteiger partial charge in [0.2, 0.25) is 5.95 Å². The van der Waals surface area contributed by atoms with Gasteiger partial charge >= 0.3 is 12.2 Å². The summed E-state index contributed by atoms with van der Waals surface area (Å²) in [5.41, 5.74) is 0.159. The highest BCUT2D eigenvalue weighted by molar-refractivity contribution is 6.31. The van der Waals surface area contributed by atoms with Crippen molar-refractivity contribution in [1.82, 2.24) is 14.9 Å². The summed E-state index contributed by atoms with van der Waals surface area (Å²) in [5, 5.41) is 1.94. The van der Waals surface area contributed by atoms with Gasteiger partial charge in [-0.3, -0.25) is 5.32 Å². The SMILES string of the molecule is O=C(Nc1cc(Cl)c(C(F)(F)F)cn1)N1[C@@H]2CC[C@H]1c1ccnc(F)c1C2. The summed E-state index contributed by atoms with van der Waals surface area (Å²) < 4.78 is 52.2. The Morgan fingerprint density at radius 3 is 2.78 bits per heavy atom. The second-order valence-electron chi connectivity index (χ2n) is 6.51. The van der Waals surface area contributed by atoms with Crippen LogP contribution in [0.15, 0.2) is 24.5 Å². The molecule has 1 fully saturated rings. The lowest BCUT2D eigenvalue weighted by Gasteiger charge is -2.36. The second-order valence-corrected chi connectivity index (χ2v) is 6.91. The van der Waals surface area contributed by atoms with Crippen LogP contribution in [0.5, 0.6) is 0 Å². The number of hydrogen-bond donors (Lipinski definition) is 1. The van der Waals surface area contributed by atoms with Crippen molar-refractivity contribution in [3.05, 3.63) is 52.2 Å². The highest BCUT2D eigenvalue weighted by atomic mass is 35.5. The number of aromatic nitrogens is 2. The van der Waals surface area contributed by atoms with Crippen molar-refractivity contribution in [3.8, 4) is 0 Å². The molecule has 4 rings (SSSR count). The number of nitrogens with zero attached hydrogens (tertiary/aromatic N) is 3. The minimum absolute atomic E-state index is 0.0795. The molecule has 0 aliphatic carbocycles. The van der Waals surface area contributed by atoms with Crippen molar-refractivity contribution in [2.75, 3.05) is 5.32 Å². The number of halogens is 5. The maximum Gasteiger partial charge on any atom is 0.419 e. The number of hydrogen-bond acceptors (Lipinski definition) is 3. The number of amides is 2. The first-order valence-corrected chi connectivity index (χ1v) is 8.59. The Hall–Kier alpha value is -2.42. The summed E-state index contributed by atoms with van der Waals surface area (Å²) in [5.74, 6) is -0.607. The Morgan fingerprint density at radius 1 is 1.30 bits per heavy atom. The fourth-order valence-corrected chi connectivity index (χ4v) is 4.07. The van der Waals surface area contributed by atoms with Crippen LogP contribution in [0.3, 0.4) is 0 Å². The molecule has 27 heavy (non-hydrogen) atoms. The van der Waals surface area contributed by atoms with E-state index < -0.39 is 28.7 Å². The highest BCUT2D eigenvalue weighted by Crippen LogP contribution is 2.44. The topological polar surface area (TPSA) is 58.1 Å². The maximum absolute atomic E-state index is 14.0. The molecule has 2 aliphatic heterocycles. The molecule has 2 aromatic rings. The van der Waals surface area contributed by atoms with Crippen molar-refractivity contribution in [3.63, 3.8) is 0 Å². The van der Waals surface area contributed by atoms with E-state index >= 15 is 0 Å². The lowest BCUT2D eigenvalue weighted by atomic mass is 9.95. The molecule has 4 heterocycles. The van der Waals surface area contributed by atoms with Crippen LogP contribution < -0.4 is 5.32 Å². The first kappa shape index (κ1) is 18.0. The molecule has 10 heteroatoms. The van der Waals surface area contributed by atoms with E-state index in [0.29, 0.717) is 36.6 Å². The summed E-state index contributed by atoms with van der Waals surface area (Å²) in [6.45, 7) is 0. The summed E-state index contributed by atoms with van der Waals surface area (Å²) in [4.78, 5) is 21.6. The van der Waals surface area contributed by atoms with Crippen molar-refractivity contribution in [2.45, 2.75) is 37.5 Å². The molecular formula is C17H13ClF4N4O. The predicted molar refractivity (Wildman–Crippen MR) is 88.8 cm³/mol. The molecule has 0 aromatic carbocycles. The number of nitrogens with one attached hydrogen (secondary N) is 1. The van der Waals surface area contributed by atoms with Gasteiger partial charge in [0.15, 0.2) is 0 Å². The van der Waals surface area contributed by atoms with E-state index in [1.165, 1.54) is 6.20 Å². The Balaban J connectivity index is 1.57. The first-order valence-electron chi connectivity index (χ1n) is 8.21. The van der Waals surface area contributed by atoms with Gasteiger partial charge in [-0.15, -0.1) is 0 Å². The third kappa shape index (κ3) is 3.09. The molecule has 0 spiro atoms. The average Bonchev–Trinajstić information content (AvgIpc) is 2.90. The molecule has 0 radical (unpaired) electrons. The summed E-state index contributed by atoms with van der Waals surface area (Å²) >= 11 is 5.66. The van der Waals surface area contributed by atoms with Crippen LogP contribution in [0.1, 0.15) is 35.6 Å². The number of pyridine rings is 2. The smallest absolute Gasteiger partial charge is 0.314 e. The number of carbonyl (C=O) groups is 1. The number of urea groups is 1. The standard InChI is InChI=1S/C17H13ClF4N4O/c18-12-6-14(24-7-11(12)17(20,21)22)25-16(27)26-8-1-2-13(26)9-3-4-23-15(19)10(9)5-8/h3-4,6-8,13H,1-2,5H2,(H,24,25,27)/t8-,13+/m1/s1. The lowest BCUT2D eigenvalue weighted by molar-refractivity contribution is -0.137. The van der Waals surface area contributed by atoms with Crippen LogP contribution in [0.25, 0.3) is 0 Å². The van der Waals surface area contributed by atoms with E-state index in [4.69, 9.17) is 11.6 Å². The van der Waals surface area contributed by atoms with Gasteiger partial charge in [-0.05, 0) is 30.9 Å². The van der Waals surface area contributed by atoms with Crippen LogP contribution in [-0.2, 0) is 12.6 Å². The average molecular weight is 401 g/mol. The zero-order valence-corrected chi connectivity index (χ0v) is 14.5. The van der Waals surface area contributed by atoms with Crippen molar-refractivity contribution in [1.29, 1.82) is 0 Å². The lowest BCUT2D eigenvalue weighted by Crippen LogP contribution is -2.44. The van der Waals surface area contributed by atoms with Gasteiger partial charge in [-0.25, -0.2) is 14.8 Å². The number of fused-ring (bicyclic) bond motifs is 4. The monoisotopic (exact) mass is 400 g/mol. The number of anilines is 1. The quantitative estimate of drug-likeness (QED) is 0.563. The Bertz CT molecular complexity index is 920. The summed E-state index contributed by atoms with van der Waals surface area (Å²) in [7, 11) is 0. The van der Waals surface area contributed by atoms with Crippen molar-refractivity contribution >= 4 is 23.4 Å². The largest absolute Gasteiger partial charge is 0.419 e. The zero-order chi connectivity index (χ0) is 19.3. The summed E-state index contributed by atoms with van der Waals surface area (Å²) in [6, 6.07) is 1.64. The molecule has 142 valence electrons. The molecule has 2 aromatic heterocycles. The molecule has 2 bridgehead atoms. The fourth-order valence-electron chi connectivity index (χ4n) is 3.81. The fraction of sp³-hybridized carbons (Fsp3) is 0.353. The molecule has 5 nitrogen and oxygen atoms in total. The second kappa shape index (κ2) is 6.33. The Labute approximate surface area is 156 Å². The number of rotatable bonds is 1. The van der Waals surface area contributed by atoms with Crippen LogP contribution in [0.2, 0.25) is 5.02 Å². The summed E-state index contributed by atoms with van der Waals surface area (Å²) in [6.07, 6.45) is -0.955. The maximum atomic E-state index is 14.0. The molecule has 2 atom stereocenters. The van der Waals surface area contributed by atoms with E-state index in [1.807, 2.05) is 0 Å². The minimum atomic E-state index is -4.62. The molecule has 0 unspecified atom stereocenters. The van der Waals surface area contributed by atoms with Gasteiger partial charge in [0.1, 0.15) is 5.82 Å². The minimum Gasteiger partial charge on any atom is -0.314 e. The molecular weight excluding hydrogens is 388 g/mol. The molecule has 2 amide bonds. The van der Waals surface area contributed by atoms with Crippen LogP contribution in [0.4, 0.5) is 28.2 Å². The van der Waals surface area contributed by atoms with Crippen LogP contribution in [-0.4, -0.2) is 26.9 Å². The van der Waals surface area contributed by atoms with Crippen LogP contribution in [0, 0.1) is 5.95 Å². The number of alkyl halides is 3. The first-order chi connectivity index (χ1) is 12.8. The number of carbonyl (C=O) groups excluding carboxylic acids is 1. The Kier molecular flexibility index (Phi) is 4.21. The van der Waals surface area contributed by atoms with Gasteiger partial charge in [0.05, 0.1) is 16.6 Å². The predicted octanol–water partition coefficient (Wildman–Crippen LogP) is 4.58. The third-order valence-electron chi connectivity index (χ3n) is 4.97. The van der Waals surface area contributed by atoms with Crippen molar-refractivity contribution in [2.24, 2.45) is 0 Å². The normalized spacial score (nSPS) is 21.1. The molecule has 0 saturated carbocycles. The van der Waals surface area contributed by atoms with E-state index in [2.05, 4.69) is 15.3 Å². The zero-order valence-electron chi connectivity index (χ0n) is 13.7. The molecule has 1 N–H and O–H groups in total. The van der Waals surface area contributed by atoms with Gasteiger partial charge in [0.25, 0.3) is 0 Å². The van der Waals surface area contributed by atoms with E-state index in [1.54, 1.807) is 11.0 Å². The molecule has 2 aliphatic rings. The van der Waals surface area contributed by atoms with Gasteiger partial charge in [0, 0.05) is 30.1 Å². The van der Waals surface area contributed by atoms with E-state index in [-0.39, 0.29) is 17.9 Å².